The van der Waals surface area contributed by atoms with Gasteiger partial charge in [-0.2, -0.15) is 5.10 Å². The van der Waals surface area contributed by atoms with E-state index in [1.807, 2.05) is 11.8 Å². The van der Waals surface area contributed by atoms with Gasteiger partial charge in [0.25, 0.3) is 5.56 Å². The fourth-order valence-electron chi connectivity index (χ4n) is 2.76. The van der Waals surface area contributed by atoms with Crippen molar-refractivity contribution in [3.8, 4) is 0 Å². The molecule has 1 aliphatic heterocycles. The van der Waals surface area contributed by atoms with E-state index in [1.165, 1.54) is 10.7 Å². The predicted octanol–water partition coefficient (Wildman–Crippen LogP) is 1.06. The summed E-state index contributed by atoms with van der Waals surface area (Å²) in [5.74, 6) is 1.03. The topological polar surface area (TPSA) is 55.2 Å². The van der Waals surface area contributed by atoms with E-state index >= 15 is 0 Å². The summed E-state index contributed by atoms with van der Waals surface area (Å²) in [7, 11) is 0. The second kappa shape index (κ2) is 5.55. The molecular formula is C14H21N3O2. The number of aromatic nitrogens is 2. The molecule has 0 saturated carbocycles. The summed E-state index contributed by atoms with van der Waals surface area (Å²) in [5, 5.41) is 4.10. The molecule has 1 amide bonds. The lowest BCUT2D eigenvalue weighted by molar-refractivity contribution is -0.134. The number of hydrogen-bond donors (Lipinski definition) is 0. The van der Waals surface area contributed by atoms with E-state index in [0.29, 0.717) is 11.8 Å². The summed E-state index contributed by atoms with van der Waals surface area (Å²) in [6, 6.07) is 3.12. The zero-order valence-electron chi connectivity index (χ0n) is 11.8. The maximum absolute atomic E-state index is 12.2. The van der Waals surface area contributed by atoms with Crippen molar-refractivity contribution in [3.63, 3.8) is 0 Å². The Morgan fingerprint density at radius 1 is 1.32 bits per heavy atom. The second-order valence-corrected chi connectivity index (χ2v) is 5.72. The highest BCUT2D eigenvalue weighted by atomic mass is 16.2. The van der Waals surface area contributed by atoms with Crippen LogP contribution in [0, 0.1) is 18.8 Å². The van der Waals surface area contributed by atoms with Gasteiger partial charge >= 0.3 is 0 Å². The van der Waals surface area contributed by atoms with Crippen molar-refractivity contribution < 1.29 is 4.79 Å². The third-order valence-electron chi connectivity index (χ3n) is 3.51. The van der Waals surface area contributed by atoms with Gasteiger partial charge in [-0.3, -0.25) is 9.59 Å². The summed E-state index contributed by atoms with van der Waals surface area (Å²) >= 11 is 0. The van der Waals surface area contributed by atoms with Crippen molar-refractivity contribution >= 4 is 5.91 Å². The quantitative estimate of drug-likeness (QED) is 0.801. The molecule has 2 rings (SSSR count). The number of likely N-dealkylation sites (tertiary alicyclic amines) is 1. The Morgan fingerprint density at radius 3 is 2.58 bits per heavy atom. The van der Waals surface area contributed by atoms with Crippen molar-refractivity contribution in [2.45, 2.75) is 33.7 Å². The monoisotopic (exact) mass is 263 g/mol. The first-order valence-electron chi connectivity index (χ1n) is 6.78. The molecule has 2 heterocycles. The van der Waals surface area contributed by atoms with Crippen LogP contribution in [0.3, 0.4) is 0 Å². The Kier molecular flexibility index (Phi) is 4.02. The number of aryl methyl sites for hydroxylation is 1. The largest absolute Gasteiger partial charge is 0.341 e. The number of nitrogens with zero attached hydrogens (tertiary/aromatic N) is 3. The van der Waals surface area contributed by atoms with Crippen molar-refractivity contribution in [2.75, 3.05) is 13.1 Å². The summed E-state index contributed by atoms with van der Waals surface area (Å²) in [6.07, 6.45) is 1.16. The minimum Gasteiger partial charge on any atom is -0.341 e. The van der Waals surface area contributed by atoms with Gasteiger partial charge < -0.3 is 4.90 Å². The predicted molar refractivity (Wildman–Crippen MR) is 72.8 cm³/mol. The minimum atomic E-state index is -0.225. The molecule has 2 atom stereocenters. The van der Waals surface area contributed by atoms with Crippen molar-refractivity contribution in [1.82, 2.24) is 14.7 Å². The molecule has 1 aromatic rings. The normalized spacial score (nSPS) is 23.4. The molecule has 1 aliphatic rings. The molecule has 104 valence electrons. The Labute approximate surface area is 113 Å². The SMILES string of the molecule is Cc1ccc(=O)n(CC(=O)N2CC(C)CC(C)C2)n1. The molecule has 1 saturated heterocycles. The standard InChI is InChI=1S/C14H21N3O2/c1-10-6-11(2)8-16(7-10)14(19)9-17-13(18)5-4-12(3)15-17/h4-5,10-11H,6-9H2,1-3H3. The summed E-state index contributed by atoms with van der Waals surface area (Å²) in [5.41, 5.74) is 0.518. The molecule has 0 aromatic carbocycles. The molecule has 0 spiro atoms. The van der Waals surface area contributed by atoms with Gasteiger partial charge in [0.1, 0.15) is 6.54 Å². The minimum absolute atomic E-state index is 0.0152. The van der Waals surface area contributed by atoms with Crippen LogP contribution in [0.25, 0.3) is 0 Å². The van der Waals surface area contributed by atoms with E-state index in [9.17, 15) is 9.59 Å². The fraction of sp³-hybridized carbons (Fsp3) is 0.643. The molecule has 2 unspecified atom stereocenters. The zero-order chi connectivity index (χ0) is 14.0. The third kappa shape index (κ3) is 3.43. The summed E-state index contributed by atoms with van der Waals surface area (Å²) < 4.78 is 1.25. The average molecular weight is 263 g/mol. The fourth-order valence-corrected chi connectivity index (χ4v) is 2.76. The molecule has 0 radical (unpaired) electrons. The van der Waals surface area contributed by atoms with Crippen LogP contribution in [0.2, 0.25) is 0 Å². The van der Waals surface area contributed by atoms with Gasteiger partial charge in [-0.25, -0.2) is 4.68 Å². The average Bonchev–Trinajstić information content (AvgIpc) is 2.32. The van der Waals surface area contributed by atoms with Crippen LogP contribution in [0.5, 0.6) is 0 Å². The Bertz CT molecular complexity index is 514. The second-order valence-electron chi connectivity index (χ2n) is 5.72. The van der Waals surface area contributed by atoms with E-state index < -0.39 is 0 Å². The Balaban J connectivity index is 2.08. The van der Waals surface area contributed by atoms with Gasteiger partial charge in [0.15, 0.2) is 0 Å². The molecule has 0 aliphatic carbocycles. The van der Waals surface area contributed by atoms with Crippen LogP contribution in [-0.2, 0) is 11.3 Å². The summed E-state index contributed by atoms with van der Waals surface area (Å²) in [6.45, 7) is 7.74. The van der Waals surface area contributed by atoms with Crippen molar-refractivity contribution in [2.24, 2.45) is 11.8 Å². The number of piperidine rings is 1. The lowest BCUT2D eigenvalue weighted by atomic mass is 9.92. The maximum Gasteiger partial charge on any atom is 0.267 e. The van der Waals surface area contributed by atoms with Crippen LogP contribution in [0.4, 0.5) is 0 Å². The van der Waals surface area contributed by atoms with Crippen LogP contribution in [0.1, 0.15) is 26.0 Å². The Morgan fingerprint density at radius 2 is 1.95 bits per heavy atom. The maximum atomic E-state index is 12.2. The van der Waals surface area contributed by atoms with Crippen LogP contribution in [-0.4, -0.2) is 33.7 Å². The molecule has 5 nitrogen and oxygen atoms in total. The number of hydrogen-bond acceptors (Lipinski definition) is 3. The van der Waals surface area contributed by atoms with E-state index in [1.54, 1.807) is 6.07 Å². The lowest BCUT2D eigenvalue weighted by Gasteiger charge is -2.35. The molecule has 1 fully saturated rings. The van der Waals surface area contributed by atoms with Crippen molar-refractivity contribution in [3.05, 3.63) is 28.2 Å². The van der Waals surface area contributed by atoms with E-state index in [4.69, 9.17) is 0 Å². The highest BCUT2D eigenvalue weighted by Crippen LogP contribution is 2.20. The van der Waals surface area contributed by atoms with Gasteiger partial charge in [0, 0.05) is 19.2 Å². The molecular weight excluding hydrogens is 242 g/mol. The van der Waals surface area contributed by atoms with Gasteiger partial charge in [-0.15, -0.1) is 0 Å². The number of rotatable bonds is 2. The smallest absolute Gasteiger partial charge is 0.267 e. The highest BCUT2D eigenvalue weighted by Gasteiger charge is 2.25. The van der Waals surface area contributed by atoms with E-state index in [0.717, 1.165) is 25.2 Å². The van der Waals surface area contributed by atoms with E-state index in [-0.39, 0.29) is 18.0 Å². The van der Waals surface area contributed by atoms with Gasteiger partial charge in [0.05, 0.1) is 5.69 Å². The molecule has 19 heavy (non-hydrogen) atoms. The molecule has 0 N–H and O–H groups in total. The van der Waals surface area contributed by atoms with E-state index in [2.05, 4.69) is 18.9 Å². The first-order valence-corrected chi connectivity index (χ1v) is 6.78. The number of carbonyl (C=O) groups is 1. The van der Waals surface area contributed by atoms with Gasteiger partial charge in [0.2, 0.25) is 5.91 Å². The Hall–Kier alpha value is -1.65. The highest BCUT2D eigenvalue weighted by molar-refractivity contribution is 5.76. The van der Waals surface area contributed by atoms with Crippen molar-refractivity contribution in [1.29, 1.82) is 0 Å². The molecule has 1 aromatic heterocycles. The molecule has 0 bridgehead atoms. The molecule has 5 heteroatoms. The van der Waals surface area contributed by atoms with Crippen LogP contribution >= 0.6 is 0 Å². The first-order chi connectivity index (χ1) is 8.95. The number of carbonyl (C=O) groups excluding carboxylic acids is 1. The summed E-state index contributed by atoms with van der Waals surface area (Å²) in [4.78, 5) is 25.8. The first kappa shape index (κ1) is 13.8. The third-order valence-corrected chi connectivity index (χ3v) is 3.51. The number of amides is 1. The lowest BCUT2D eigenvalue weighted by Crippen LogP contribution is -2.45. The van der Waals surface area contributed by atoms with Crippen LogP contribution < -0.4 is 5.56 Å². The van der Waals surface area contributed by atoms with Gasteiger partial charge in [-0.05, 0) is 31.2 Å². The van der Waals surface area contributed by atoms with Crippen LogP contribution in [0.15, 0.2) is 16.9 Å². The van der Waals surface area contributed by atoms with Gasteiger partial charge in [-0.1, -0.05) is 13.8 Å². The zero-order valence-corrected chi connectivity index (χ0v) is 11.8.